The molecule has 0 aromatic carbocycles. The van der Waals surface area contributed by atoms with Gasteiger partial charge in [0, 0.05) is 13.1 Å². The van der Waals surface area contributed by atoms with Gasteiger partial charge in [0.05, 0.1) is 0 Å². The molecule has 1 saturated heterocycles. The van der Waals surface area contributed by atoms with Crippen molar-refractivity contribution in [2.45, 2.75) is 44.3 Å². The Balaban J connectivity index is 1.80. The molecule has 8 heteroatoms. The zero-order valence-electron chi connectivity index (χ0n) is 11.6. The summed E-state index contributed by atoms with van der Waals surface area (Å²) in [5.74, 6) is 0.185. The van der Waals surface area contributed by atoms with Crippen LogP contribution in [0.15, 0.2) is 0 Å². The molecule has 0 aromatic heterocycles. The average Bonchev–Trinajstić information content (AvgIpc) is 2.82. The second-order valence-electron chi connectivity index (χ2n) is 5.56. The molecular weight excluding hydrogens is 289 g/mol. The van der Waals surface area contributed by atoms with E-state index in [1.54, 1.807) is 0 Å². The minimum absolute atomic E-state index is 0.248. The first-order valence-corrected chi connectivity index (χ1v) is 7.14. The molecule has 1 atom stereocenters. The Morgan fingerprint density at radius 2 is 1.90 bits per heavy atom. The number of hydrogen-bond donors (Lipinski definition) is 1. The lowest BCUT2D eigenvalue weighted by Crippen LogP contribution is -2.47. The Hall–Kier alpha value is -1.47. The maximum Gasteiger partial charge on any atom is 0.422 e. The molecule has 1 heterocycles. The van der Waals surface area contributed by atoms with Gasteiger partial charge in [0.1, 0.15) is 6.04 Å². The summed E-state index contributed by atoms with van der Waals surface area (Å²) in [4.78, 5) is 24.7. The normalized spacial score (nSPS) is 22.8. The second kappa shape index (κ2) is 6.53. The van der Waals surface area contributed by atoms with Crippen molar-refractivity contribution in [1.29, 1.82) is 0 Å². The third kappa shape index (κ3) is 4.50. The molecule has 2 fully saturated rings. The molecule has 2 amide bonds. The van der Waals surface area contributed by atoms with Gasteiger partial charge in [0.15, 0.2) is 6.61 Å². The minimum Gasteiger partial charge on any atom is -0.440 e. The highest BCUT2D eigenvalue weighted by molar-refractivity contribution is 5.86. The zero-order chi connectivity index (χ0) is 15.5. The van der Waals surface area contributed by atoms with Crippen LogP contribution in [-0.2, 0) is 9.53 Å². The fraction of sp³-hybridized carbons (Fsp3) is 0.846. The van der Waals surface area contributed by atoms with Crippen LogP contribution in [0.1, 0.15) is 32.1 Å². The van der Waals surface area contributed by atoms with E-state index in [4.69, 9.17) is 0 Å². The summed E-state index contributed by atoms with van der Waals surface area (Å²) in [5, 5.41) is 2.77. The first kappa shape index (κ1) is 15.9. The summed E-state index contributed by atoms with van der Waals surface area (Å²) in [7, 11) is 0. The molecule has 120 valence electrons. The predicted octanol–water partition coefficient (Wildman–Crippen LogP) is 2.07. The fourth-order valence-electron chi connectivity index (χ4n) is 2.54. The van der Waals surface area contributed by atoms with E-state index in [1.165, 1.54) is 6.42 Å². The molecule has 0 aromatic rings. The molecule has 2 aliphatic rings. The van der Waals surface area contributed by atoms with Gasteiger partial charge in [0.2, 0.25) is 5.91 Å². The lowest BCUT2D eigenvalue weighted by Gasteiger charge is -2.28. The van der Waals surface area contributed by atoms with Gasteiger partial charge < -0.3 is 10.1 Å². The number of nitrogens with one attached hydrogen (secondary N) is 1. The number of alkyl halides is 3. The topological polar surface area (TPSA) is 58.6 Å². The van der Waals surface area contributed by atoms with Gasteiger partial charge in [-0.05, 0) is 31.6 Å². The summed E-state index contributed by atoms with van der Waals surface area (Å²) in [6.45, 7) is -0.808. The molecule has 1 aliphatic heterocycles. The summed E-state index contributed by atoms with van der Waals surface area (Å²) in [6.07, 6.45) is -1.25. The van der Waals surface area contributed by atoms with Gasteiger partial charge in [-0.2, -0.15) is 13.2 Å². The summed E-state index contributed by atoms with van der Waals surface area (Å²) >= 11 is 0. The van der Waals surface area contributed by atoms with Gasteiger partial charge in [-0.3, -0.25) is 9.69 Å². The summed E-state index contributed by atoms with van der Waals surface area (Å²) in [6, 6.07) is -0.717. The van der Waals surface area contributed by atoms with Crippen molar-refractivity contribution in [3.05, 3.63) is 0 Å². The van der Waals surface area contributed by atoms with Crippen LogP contribution < -0.4 is 5.32 Å². The SMILES string of the molecule is O=C(NCC1CCC1)[C@H]1CCCN1C(=O)OCC(F)(F)F. The van der Waals surface area contributed by atoms with Gasteiger partial charge in [-0.25, -0.2) is 4.79 Å². The largest absolute Gasteiger partial charge is 0.440 e. The second-order valence-corrected chi connectivity index (χ2v) is 5.56. The Morgan fingerprint density at radius 1 is 1.19 bits per heavy atom. The van der Waals surface area contributed by atoms with Crippen molar-refractivity contribution in [2.75, 3.05) is 19.7 Å². The third-order valence-corrected chi connectivity index (χ3v) is 3.94. The van der Waals surface area contributed by atoms with E-state index in [0.29, 0.717) is 25.3 Å². The Kier molecular flexibility index (Phi) is 4.95. The minimum atomic E-state index is -4.56. The van der Waals surface area contributed by atoms with Gasteiger partial charge in [0.25, 0.3) is 0 Å². The maximum atomic E-state index is 12.0. The molecule has 1 aliphatic carbocycles. The van der Waals surface area contributed by atoms with E-state index in [-0.39, 0.29) is 12.5 Å². The van der Waals surface area contributed by atoms with Crippen molar-refractivity contribution in [1.82, 2.24) is 10.2 Å². The first-order valence-electron chi connectivity index (χ1n) is 7.14. The number of nitrogens with zero attached hydrogens (tertiary/aromatic N) is 1. The summed E-state index contributed by atoms with van der Waals surface area (Å²) in [5.41, 5.74) is 0. The van der Waals surface area contributed by atoms with Crippen molar-refractivity contribution in [2.24, 2.45) is 5.92 Å². The number of amides is 2. The predicted molar refractivity (Wildman–Crippen MR) is 67.5 cm³/mol. The number of halogens is 3. The van der Waals surface area contributed by atoms with E-state index in [1.807, 2.05) is 0 Å². The number of ether oxygens (including phenoxy) is 1. The zero-order valence-corrected chi connectivity index (χ0v) is 11.6. The van der Waals surface area contributed by atoms with Gasteiger partial charge in [-0.15, -0.1) is 0 Å². The molecule has 2 rings (SSSR count). The number of rotatable bonds is 4. The van der Waals surface area contributed by atoms with Crippen LogP contribution in [0.2, 0.25) is 0 Å². The van der Waals surface area contributed by atoms with Crippen LogP contribution in [-0.4, -0.2) is 48.8 Å². The standard InChI is InChI=1S/C13H19F3N2O3/c14-13(15,16)8-21-12(20)18-6-2-5-10(18)11(19)17-7-9-3-1-4-9/h9-10H,1-8H2,(H,17,19)/t10-/m1/s1. The van der Waals surface area contributed by atoms with Crippen LogP contribution in [0.25, 0.3) is 0 Å². The molecule has 0 spiro atoms. The molecule has 1 N–H and O–H groups in total. The lowest BCUT2D eigenvalue weighted by molar-refractivity contribution is -0.162. The van der Waals surface area contributed by atoms with Crippen LogP contribution in [0.5, 0.6) is 0 Å². The molecule has 0 bridgehead atoms. The van der Waals surface area contributed by atoms with Crippen LogP contribution in [0, 0.1) is 5.92 Å². The summed E-state index contributed by atoms with van der Waals surface area (Å²) < 4.78 is 40.3. The number of carbonyl (C=O) groups is 2. The fourth-order valence-corrected chi connectivity index (χ4v) is 2.54. The van der Waals surface area contributed by atoms with Crippen molar-refractivity contribution in [3.8, 4) is 0 Å². The molecule has 0 unspecified atom stereocenters. The van der Waals surface area contributed by atoms with E-state index in [9.17, 15) is 22.8 Å². The Labute approximate surface area is 120 Å². The van der Waals surface area contributed by atoms with E-state index >= 15 is 0 Å². The quantitative estimate of drug-likeness (QED) is 0.865. The van der Waals surface area contributed by atoms with Crippen LogP contribution in [0.4, 0.5) is 18.0 Å². The molecule has 0 radical (unpaired) electrons. The van der Waals surface area contributed by atoms with Crippen molar-refractivity contribution < 1.29 is 27.5 Å². The highest BCUT2D eigenvalue weighted by Gasteiger charge is 2.37. The smallest absolute Gasteiger partial charge is 0.422 e. The van der Waals surface area contributed by atoms with Crippen LogP contribution in [0.3, 0.4) is 0 Å². The molecule has 5 nitrogen and oxygen atoms in total. The van der Waals surface area contributed by atoms with Gasteiger partial charge >= 0.3 is 12.3 Å². The molecular formula is C13H19F3N2O3. The number of hydrogen-bond acceptors (Lipinski definition) is 3. The third-order valence-electron chi connectivity index (χ3n) is 3.94. The van der Waals surface area contributed by atoms with Crippen LogP contribution >= 0.6 is 0 Å². The van der Waals surface area contributed by atoms with Gasteiger partial charge in [-0.1, -0.05) is 6.42 Å². The number of likely N-dealkylation sites (tertiary alicyclic amines) is 1. The lowest BCUT2D eigenvalue weighted by atomic mass is 9.85. The Bertz CT molecular complexity index is 397. The highest BCUT2D eigenvalue weighted by Crippen LogP contribution is 2.26. The van der Waals surface area contributed by atoms with E-state index in [0.717, 1.165) is 17.7 Å². The van der Waals surface area contributed by atoms with E-state index < -0.39 is 24.9 Å². The highest BCUT2D eigenvalue weighted by atomic mass is 19.4. The maximum absolute atomic E-state index is 12.0. The van der Waals surface area contributed by atoms with Crippen molar-refractivity contribution in [3.63, 3.8) is 0 Å². The van der Waals surface area contributed by atoms with Crippen molar-refractivity contribution >= 4 is 12.0 Å². The first-order chi connectivity index (χ1) is 9.87. The monoisotopic (exact) mass is 308 g/mol. The average molecular weight is 308 g/mol. The number of carbonyl (C=O) groups excluding carboxylic acids is 2. The van der Waals surface area contributed by atoms with E-state index in [2.05, 4.69) is 10.1 Å². The Morgan fingerprint density at radius 3 is 2.48 bits per heavy atom. The molecule has 1 saturated carbocycles. The molecule has 21 heavy (non-hydrogen) atoms.